The van der Waals surface area contributed by atoms with Gasteiger partial charge in [0.2, 0.25) is 0 Å². The molecule has 2 amide bonds. The number of urea groups is 1. The zero-order valence-corrected chi connectivity index (χ0v) is 13.4. The largest absolute Gasteiger partial charge is 0.406 e. The van der Waals surface area contributed by atoms with E-state index in [2.05, 4.69) is 14.6 Å². The van der Waals surface area contributed by atoms with Crippen molar-refractivity contribution in [3.8, 4) is 0 Å². The predicted octanol–water partition coefficient (Wildman–Crippen LogP) is 1.87. The van der Waals surface area contributed by atoms with Crippen LogP contribution in [0, 0.1) is 5.82 Å². The van der Waals surface area contributed by atoms with Gasteiger partial charge in [-0.15, -0.1) is 9.24 Å². The number of alkyl halides is 3. The number of aldehydes is 1. The fourth-order valence-electron chi connectivity index (χ4n) is 2.70. The van der Waals surface area contributed by atoms with Gasteiger partial charge < -0.3 is 15.0 Å². The first-order valence-electron chi connectivity index (χ1n) is 6.73. The number of halogens is 4. The van der Waals surface area contributed by atoms with E-state index in [0.29, 0.717) is 28.5 Å². The second kappa shape index (κ2) is 6.07. The van der Waals surface area contributed by atoms with Crippen LogP contribution in [0.15, 0.2) is 12.1 Å². The van der Waals surface area contributed by atoms with Gasteiger partial charge in [-0.25, -0.2) is 9.18 Å². The highest BCUT2D eigenvalue weighted by Crippen LogP contribution is 2.36. The average molecular weight is 350 g/mol. The summed E-state index contributed by atoms with van der Waals surface area (Å²) in [6.07, 6.45) is -3.52. The van der Waals surface area contributed by atoms with Crippen LogP contribution in [0.25, 0.3) is 0 Å². The Hall–Kier alpha value is -1.69. The lowest BCUT2D eigenvalue weighted by Gasteiger charge is -2.29. The van der Waals surface area contributed by atoms with Gasteiger partial charge in [0.15, 0.2) is 0 Å². The monoisotopic (exact) mass is 350 g/mol. The van der Waals surface area contributed by atoms with E-state index >= 15 is 0 Å². The quantitative estimate of drug-likeness (QED) is 0.514. The molecule has 1 N–H and O–H groups in total. The smallest absolute Gasteiger partial charge is 0.322 e. The number of hydrogen-bond acceptors (Lipinski definition) is 2. The molecule has 4 nitrogen and oxygen atoms in total. The van der Waals surface area contributed by atoms with Gasteiger partial charge in [-0.2, -0.15) is 13.2 Å². The van der Waals surface area contributed by atoms with Crippen LogP contribution >= 0.6 is 9.24 Å². The van der Waals surface area contributed by atoms with E-state index in [9.17, 15) is 27.2 Å². The molecule has 2 rings (SSSR count). The molecule has 23 heavy (non-hydrogen) atoms. The molecular weight excluding hydrogens is 335 g/mol. The Balaban J connectivity index is 2.29. The summed E-state index contributed by atoms with van der Waals surface area (Å²) < 4.78 is 50.7. The lowest BCUT2D eigenvalue weighted by molar-refractivity contribution is -0.137. The molecule has 1 aliphatic carbocycles. The van der Waals surface area contributed by atoms with Crippen LogP contribution in [0.3, 0.4) is 0 Å². The third-order valence-corrected chi connectivity index (χ3v) is 4.31. The van der Waals surface area contributed by atoms with Crippen molar-refractivity contribution in [3.05, 3.63) is 29.1 Å². The number of nitrogens with one attached hydrogen (secondary N) is 1. The topological polar surface area (TPSA) is 49.4 Å². The Bertz CT molecular complexity index is 650. The Morgan fingerprint density at radius 2 is 2.13 bits per heavy atom. The normalized spacial score (nSPS) is 20.1. The Morgan fingerprint density at radius 3 is 2.70 bits per heavy atom. The summed E-state index contributed by atoms with van der Waals surface area (Å²) in [5, 5.41) is 2.88. The van der Waals surface area contributed by atoms with Crippen LogP contribution in [0.5, 0.6) is 0 Å². The van der Waals surface area contributed by atoms with Gasteiger partial charge in [0.1, 0.15) is 24.2 Å². The maximum Gasteiger partial charge on any atom is 0.406 e. The first-order valence-corrected chi connectivity index (χ1v) is 7.30. The molecule has 0 saturated heterocycles. The molecule has 0 saturated carbocycles. The van der Waals surface area contributed by atoms with E-state index in [1.165, 1.54) is 6.07 Å². The van der Waals surface area contributed by atoms with Crippen molar-refractivity contribution in [2.45, 2.75) is 24.6 Å². The standard InChI is InChI=1S/C14H15F4N2O2P/c1-20(6-14(16,17)18)12(22)19-13(7-21)3-2-9-10(13)4-8(15)5-11(9)23/h4-5,7H,2-3,6,23H2,1H3,(H,19,22). The first-order chi connectivity index (χ1) is 10.6. The highest BCUT2D eigenvalue weighted by atomic mass is 31.0. The predicted molar refractivity (Wildman–Crippen MR) is 79.0 cm³/mol. The SMILES string of the molecule is CN(CC(F)(F)F)C(=O)NC1(C=O)CCc2c(P)cc(F)cc21. The van der Waals surface area contributed by atoms with Crippen LogP contribution in [0.4, 0.5) is 22.4 Å². The molecule has 9 heteroatoms. The van der Waals surface area contributed by atoms with Crippen LogP contribution in [-0.4, -0.2) is 37.0 Å². The molecular formula is C14H15F4N2O2P. The summed E-state index contributed by atoms with van der Waals surface area (Å²) in [5.41, 5.74) is -0.534. The number of hydrogen-bond donors (Lipinski definition) is 1. The Labute approximate surface area is 132 Å². The van der Waals surface area contributed by atoms with Crippen molar-refractivity contribution in [2.24, 2.45) is 0 Å². The van der Waals surface area contributed by atoms with Gasteiger partial charge in [0.25, 0.3) is 0 Å². The minimum atomic E-state index is -4.55. The zero-order chi connectivity index (χ0) is 17.4. The molecule has 2 atom stereocenters. The number of carbonyl (C=O) groups excluding carboxylic acids is 2. The van der Waals surface area contributed by atoms with Crippen LogP contribution in [0.1, 0.15) is 17.5 Å². The summed E-state index contributed by atoms with van der Waals surface area (Å²) >= 11 is 0. The highest BCUT2D eigenvalue weighted by Gasteiger charge is 2.42. The Morgan fingerprint density at radius 1 is 1.48 bits per heavy atom. The summed E-state index contributed by atoms with van der Waals surface area (Å²) in [7, 11) is 3.33. The first kappa shape index (κ1) is 17.7. The highest BCUT2D eigenvalue weighted by molar-refractivity contribution is 7.27. The molecule has 1 aliphatic rings. The van der Waals surface area contributed by atoms with Crippen LogP contribution in [0.2, 0.25) is 0 Å². The van der Waals surface area contributed by atoms with Crippen molar-refractivity contribution in [3.63, 3.8) is 0 Å². The molecule has 2 unspecified atom stereocenters. The van der Waals surface area contributed by atoms with Crippen LogP contribution < -0.4 is 10.6 Å². The van der Waals surface area contributed by atoms with Crippen molar-refractivity contribution in [1.29, 1.82) is 0 Å². The zero-order valence-electron chi connectivity index (χ0n) is 12.2. The van der Waals surface area contributed by atoms with Gasteiger partial charge in [-0.05, 0) is 41.4 Å². The second-order valence-electron chi connectivity index (χ2n) is 5.51. The molecule has 1 aromatic carbocycles. The molecule has 0 bridgehead atoms. The molecule has 0 heterocycles. The van der Waals surface area contributed by atoms with E-state index < -0.39 is 30.1 Å². The fraction of sp³-hybridized carbons (Fsp3) is 0.429. The van der Waals surface area contributed by atoms with Crippen LogP contribution in [-0.2, 0) is 16.8 Å². The number of amides is 2. The molecule has 0 aromatic heterocycles. The number of fused-ring (bicyclic) bond motifs is 1. The van der Waals surface area contributed by atoms with E-state index in [4.69, 9.17) is 0 Å². The maximum atomic E-state index is 13.6. The van der Waals surface area contributed by atoms with E-state index in [1.54, 1.807) is 0 Å². The average Bonchev–Trinajstić information content (AvgIpc) is 2.76. The summed E-state index contributed by atoms with van der Waals surface area (Å²) in [6.45, 7) is -1.45. The van der Waals surface area contributed by atoms with Gasteiger partial charge in [-0.3, -0.25) is 0 Å². The van der Waals surface area contributed by atoms with Gasteiger partial charge in [0, 0.05) is 7.05 Å². The summed E-state index contributed by atoms with van der Waals surface area (Å²) in [4.78, 5) is 24.0. The van der Waals surface area contributed by atoms with Gasteiger partial charge in [-0.1, -0.05) is 0 Å². The Kier molecular flexibility index (Phi) is 4.66. The van der Waals surface area contributed by atoms with Crippen molar-refractivity contribution >= 4 is 26.9 Å². The molecule has 1 aromatic rings. The minimum Gasteiger partial charge on any atom is -0.322 e. The van der Waals surface area contributed by atoms with E-state index in [1.807, 2.05) is 0 Å². The van der Waals surface area contributed by atoms with E-state index in [-0.39, 0.29) is 12.0 Å². The fourth-order valence-corrected chi connectivity index (χ4v) is 3.16. The molecule has 0 spiro atoms. The lowest BCUT2D eigenvalue weighted by atomic mass is 9.93. The minimum absolute atomic E-state index is 0.169. The number of nitrogens with zero attached hydrogens (tertiary/aromatic N) is 1. The lowest BCUT2D eigenvalue weighted by Crippen LogP contribution is -2.52. The van der Waals surface area contributed by atoms with E-state index in [0.717, 1.165) is 13.1 Å². The van der Waals surface area contributed by atoms with Crippen molar-refractivity contribution in [2.75, 3.05) is 13.6 Å². The summed E-state index contributed by atoms with van der Waals surface area (Å²) in [5.74, 6) is -0.584. The second-order valence-corrected chi connectivity index (χ2v) is 6.13. The third kappa shape index (κ3) is 3.63. The number of benzene rings is 1. The van der Waals surface area contributed by atoms with Crippen molar-refractivity contribution in [1.82, 2.24) is 10.2 Å². The summed E-state index contributed by atoms with van der Waals surface area (Å²) in [6, 6.07) is 1.37. The molecule has 0 fully saturated rings. The number of carbonyl (C=O) groups is 2. The molecule has 0 aliphatic heterocycles. The van der Waals surface area contributed by atoms with Crippen molar-refractivity contribution < 1.29 is 27.2 Å². The maximum absolute atomic E-state index is 13.6. The van der Waals surface area contributed by atoms with Gasteiger partial charge >= 0.3 is 12.2 Å². The van der Waals surface area contributed by atoms with Gasteiger partial charge in [0.05, 0.1) is 0 Å². The molecule has 126 valence electrons. The number of rotatable bonds is 3. The molecule has 0 radical (unpaired) electrons. The third-order valence-electron chi connectivity index (χ3n) is 3.79.